The smallest absolute Gasteiger partial charge is 0.158 e. The monoisotopic (exact) mass is 270 g/mol. The molecule has 2 aromatic carbocycles. The second kappa shape index (κ2) is 8.51. The zero-order valence-corrected chi connectivity index (χ0v) is 12.0. The lowest BCUT2D eigenvalue weighted by molar-refractivity contribution is -0.160. The minimum atomic E-state index is -0.139. The molecule has 2 nitrogen and oxygen atoms in total. The Hall–Kier alpha value is -1.64. The Bertz CT molecular complexity index is 424. The van der Waals surface area contributed by atoms with E-state index in [1.165, 1.54) is 11.1 Å². The minimum absolute atomic E-state index is 0.139. The highest BCUT2D eigenvalue weighted by molar-refractivity contribution is 5.14. The predicted octanol–water partition coefficient (Wildman–Crippen LogP) is 4.55. The van der Waals surface area contributed by atoms with Gasteiger partial charge < -0.3 is 9.47 Å². The Labute approximate surface area is 121 Å². The fourth-order valence-corrected chi connectivity index (χ4v) is 1.98. The van der Waals surface area contributed by atoms with Crippen LogP contribution < -0.4 is 0 Å². The summed E-state index contributed by atoms with van der Waals surface area (Å²) in [5, 5.41) is 0. The molecule has 0 amide bonds. The van der Waals surface area contributed by atoms with Gasteiger partial charge in [-0.15, -0.1) is 0 Å². The highest BCUT2D eigenvalue weighted by atomic mass is 16.7. The molecule has 0 aliphatic heterocycles. The summed E-state index contributed by atoms with van der Waals surface area (Å²) in [6.45, 7) is 3.34. The van der Waals surface area contributed by atoms with E-state index in [1.807, 2.05) is 36.4 Å². The van der Waals surface area contributed by atoms with Gasteiger partial charge in [-0.25, -0.2) is 0 Å². The van der Waals surface area contributed by atoms with Crippen LogP contribution in [0.4, 0.5) is 0 Å². The second-order valence-corrected chi connectivity index (χ2v) is 4.81. The van der Waals surface area contributed by atoms with Crippen molar-refractivity contribution in [2.24, 2.45) is 0 Å². The van der Waals surface area contributed by atoms with Crippen molar-refractivity contribution in [3.8, 4) is 0 Å². The molecule has 0 aromatic heterocycles. The first-order chi connectivity index (χ1) is 9.88. The summed E-state index contributed by atoms with van der Waals surface area (Å²) < 4.78 is 11.7. The van der Waals surface area contributed by atoms with Crippen LogP contribution in [-0.2, 0) is 22.7 Å². The topological polar surface area (TPSA) is 18.5 Å². The summed E-state index contributed by atoms with van der Waals surface area (Å²) >= 11 is 0. The van der Waals surface area contributed by atoms with Crippen molar-refractivity contribution < 1.29 is 9.47 Å². The zero-order chi connectivity index (χ0) is 14.0. The molecular weight excluding hydrogens is 248 g/mol. The van der Waals surface area contributed by atoms with Crippen LogP contribution in [0.3, 0.4) is 0 Å². The molecule has 0 heterocycles. The SMILES string of the molecule is CCCC(OCc1ccccc1)OCc1ccccc1. The highest BCUT2D eigenvalue weighted by Gasteiger charge is 2.08. The van der Waals surface area contributed by atoms with Crippen molar-refractivity contribution in [3.05, 3.63) is 71.8 Å². The summed E-state index contributed by atoms with van der Waals surface area (Å²) in [4.78, 5) is 0. The van der Waals surface area contributed by atoms with Crippen LogP contribution in [-0.4, -0.2) is 6.29 Å². The average molecular weight is 270 g/mol. The molecule has 0 saturated heterocycles. The quantitative estimate of drug-likeness (QED) is 0.655. The highest BCUT2D eigenvalue weighted by Crippen LogP contribution is 2.11. The van der Waals surface area contributed by atoms with Crippen molar-refractivity contribution in [2.45, 2.75) is 39.3 Å². The Morgan fingerprint density at radius 2 is 1.20 bits per heavy atom. The molecule has 0 bridgehead atoms. The maximum atomic E-state index is 5.87. The van der Waals surface area contributed by atoms with Gasteiger partial charge in [0.25, 0.3) is 0 Å². The molecular formula is C18H22O2. The van der Waals surface area contributed by atoms with Crippen molar-refractivity contribution in [2.75, 3.05) is 0 Å². The van der Waals surface area contributed by atoms with Crippen LogP contribution in [0.15, 0.2) is 60.7 Å². The molecule has 0 unspecified atom stereocenters. The lowest BCUT2D eigenvalue weighted by Gasteiger charge is -2.18. The van der Waals surface area contributed by atoms with E-state index in [-0.39, 0.29) is 6.29 Å². The normalized spacial score (nSPS) is 10.9. The van der Waals surface area contributed by atoms with Gasteiger partial charge in [-0.3, -0.25) is 0 Å². The van der Waals surface area contributed by atoms with Gasteiger partial charge in [0.1, 0.15) is 0 Å². The summed E-state index contributed by atoms with van der Waals surface area (Å²) in [7, 11) is 0. The van der Waals surface area contributed by atoms with Gasteiger partial charge in [-0.2, -0.15) is 0 Å². The lowest BCUT2D eigenvalue weighted by atomic mass is 10.2. The molecule has 0 aliphatic rings. The standard InChI is InChI=1S/C18H22O2/c1-2-9-18(19-14-16-10-5-3-6-11-16)20-15-17-12-7-4-8-13-17/h3-8,10-13,18H,2,9,14-15H2,1H3. The molecule has 0 atom stereocenters. The molecule has 0 saturated carbocycles. The van der Waals surface area contributed by atoms with Gasteiger partial charge in [-0.05, 0) is 17.5 Å². The Kier molecular flexibility index (Phi) is 6.28. The maximum Gasteiger partial charge on any atom is 0.158 e. The van der Waals surface area contributed by atoms with Crippen molar-refractivity contribution in [1.29, 1.82) is 0 Å². The molecule has 20 heavy (non-hydrogen) atoms. The summed E-state index contributed by atoms with van der Waals surface area (Å²) in [6, 6.07) is 20.4. The van der Waals surface area contributed by atoms with Gasteiger partial charge in [0.05, 0.1) is 13.2 Å². The molecule has 2 rings (SSSR count). The molecule has 0 radical (unpaired) electrons. The summed E-state index contributed by atoms with van der Waals surface area (Å²) in [5.41, 5.74) is 2.36. The third kappa shape index (κ3) is 5.16. The first kappa shape index (κ1) is 14.8. The minimum Gasteiger partial charge on any atom is -0.348 e. The second-order valence-electron chi connectivity index (χ2n) is 4.81. The zero-order valence-electron chi connectivity index (χ0n) is 12.0. The van der Waals surface area contributed by atoms with E-state index < -0.39 is 0 Å². The largest absolute Gasteiger partial charge is 0.348 e. The van der Waals surface area contributed by atoms with E-state index in [9.17, 15) is 0 Å². The fraction of sp³-hybridized carbons (Fsp3) is 0.333. The van der Waals surface area contributed by atoms with Crippen LogP contribution in [0, 0.1) is 0 Å². The first-order valence-corrected chi connectivity index (χ1v) is 7.19. The molecule has 106 valence electrons. The van der Waals surface area contributed by atoms with Gasteiger partial charge in [-0.1, -0.05) is 74.0 Å². The van der Waals surface area contributed by atoms with E-state index in [4.69, 9.17) is 9.47 Å². The van der Waals surface area contributed by atoms with Crippen LogP contribution in [0.25, 0.3) is 0 Å². The van der Waals surface area contributed by atoms with E-state index in [2.05, 4.69) is 31.2 Å². The molecule has 0 N–H and O–H groups in total. The van der Waals surface area contributed by atoms with E-state index >= 15 is 0 Å². The van der Waals surface area contributed by atoms with Gasteiger partial charge >= 0.3 is 0 Å². The number of ether oxygens (including phenoxy) is 2. The fourth-order valence-electron chi connectivity index (χ4n) is 1.98. The van der Waals surface area contributed by atoms with E-state index in [0.29, 0.717) is 13.2 Å². The van der Waals surface area contributed by atoms with Gasteiger partial charge in [0.15, 0.2) is 6.29 Å². The van der Waals surface area contributed by atoms with Crippen molar-refractivity contribution in [1.82, 2.24) is 0 Å². The lowest BCUT2D eigenvalue weighted by Crippen LogP contribution is -2.17. The Morgan fingerprint density at radius 1 is 0.750 bits per heavy atom. The van der Waals surface area contributed by atoms with E-state index in [0.717, 1.165) is 12.8 Å². The third-order valence-electron chi connectivity index (χ3n) is 3.08. The van der Waals surface area contributed by atoms with Gasteiger partial charge in [0.2, 0.25) is 0 Å². The van der Waals surface area contributed by atoms with Crippen molar-refractivity contribution in [3.63, 3.8) is 0 Å². The summed E-state index contributed by atoms with van der Waals surface area (Å²) in [6.07, 6.45) is 1.83. The number of hydrogen-bond acceptors (Lipinski definition) is 2. The summed E-state index contributed by atoms with van der Waals surface area (Å²) in [5.74, 6) is 0. The molecule has 2 aromatic rings. The number of rotatable bonds is 8. The molecule has 0 fully saturated rings. The van der Waals surface area contributed by atoms with Crippen molar-refractivity contribution >= 4 is 0 Å². The Balaban J connectivity index is 1.81. The number of hydrogen-bond donors (Lipinski definition) is 0. The van der Waals surface area contributed by atoms with Gasteiger partial charge in [0, 0.05) is 0 Å². The van der Waals surface area contributed by atoms with Crippen LogP contribution in [0.5, 0.6) is 0 Å². The third-order valence-corrected chi connectivity index (χ3v) is 3.08. The average Bonchev–Trinajstić information content (AvgIpc) is 2.52. The maximum absolute atomic E-state index is 5.87. The number of benzene rings is 2. The van der Waals surface area contributed by atoms with E-state index in [1.54, 1.807) is 0 Å². The predicted molar refractivity (Wildman–Crippen MR) is 81.2 cm³/mol. The molecule has 0 aliphatic carbocycles. The molecule has 0 spiro atoms. The molecule has 2 heteroatoms. The Morgan fingerprint density at radius 3 is 1.60 bits per heavy atom. The van der Waals surface area contributed by atoms with Crippen LogP contribution >= 0.6 is 0 Å². The van der Waals surface area contributed by atoms with Crippen LogP contribution in [0.2, 0.25) is 0 Å². The first-order valence-electron chi connectivity index (χ1n) is 7.19. The van der Waals surface area contributed by atoms with Crippen LogP contribution in [0.1, 0.15) is 30.9 Å².